The van der Waals surface area contributed by atoms with Crippen LogP contribution in [0.15, 0.2) is 0 Å². The Balaban J connectivity index is 2.11. The Morgan fingerprint density at radius 3 is 2.75 bits per heavy atom. The highest BCUT2D eigenvalue weighted by Gasteiger charge is 2.17. The van der Waals surface area contributed by atoms with Crippen molar-refractivity contribution in [1.29, 1.82) is 0 Å². The Hall–Kier alpha value is -0.120. The van der Waals surface area contributed by atoms with Crippen molar-refractivity contribution >= 4 is 0 Å². The van der Waals surface area contributed by atoms with Crippen LogP contribution in [0.4, 0.5) is 0 Å². The average Bonchev–Trinajstić information content (AvgIpc) is 2.31. The van der Waals surface area contributed by atoms with Crippen LogP contribution >= 0.6 is 0 Å². The van der Waals surface area contributed by atoms with Crippen molar-refractivity contribution in [2.75, 3.05) is 13.2 Å². The van der Waals surface area contributed by atoms with Crippen LogP contribution in [0.5, 0.6) is 0 Å². The number of hydrogen-bond acceptors (Lipinski definition) is 3. The van der Waals surface area contributed by atoms with E-state index in [1.165, 1.54) is 6.42 Å². The molecule has 3 atom stereocenters. The molecule has 1 aliphatic rings. The zero-order valence-corrected chi connectivity index (χ0v) is 10.7. The van der Waals surface area contributed by atoms with Crippen LogP contribution in [-0.2, 0) is 9.47 Å². The maximum atomic E-state index is 9.09. The summed E-state index contributed by atoms with van der Waals surface area (Å²) in [5.74, 6) is 0.429. The highest BCUT2D eigenvalue weighted by molar-refractivity contribution is 4.61. The molecule has 0 radical (unpaired) electrons. The first-order chi connectivity index (χ1) is 7.76. The summed E-state index contributed by atoms with van der Waals surface area (Å²) < 4.78 is 11.4. The van der Waals surface area contributed by atoms with Gasteiger partial charge < -0.3 is 14.6 Å². The van der Waals surface area contributed by atoms with Crippen molar-refractivity contribution in [1.82, 2.24) is 0 Å². The van der Waals surface area contributed by atoms with E-state index < -0.39 is 0 Å². The van der Waals surface area contributed by atoms with Crippen LogP contribution < -0.4 is 0 Å². The fourth-order valence-corrected chi connectivity index (χ4v) is 2.04. The molecule has 0 saturated carbocycles. The van der Waals surface area contributed by atoms with Crippen molar-refractivity contribution in [3.8, 4) is 0 Å². The lowest BCUT2D eigenvalue weighted by Crippen LogP contribution is -2.26. The molecule has 0 aliphatic carbocycles. The lowest BCUT2D eigenvalue weighted by molar-refractivity contribution is -0.186. The Morgan fingerprint density at radius 2 is 2.19 bits per heavy atom. The van der Waals surface area contributed by atoms with Crippen LogP contribution in [0.2, 0.25) is 0 Å². The van der Waals surface area contributed by atoms with Gasteiger partial charge in [-0.1, -0.05) is 13.3 Å². The fraction of sp³-hybridized carbons (Fsp3) is 1.00. The number of hydrogen-bond donors (Lipinski definition) is 1. The standard InChI is InChI=1S/C13H26O3/c1-3-12(10-14)8-7-11(2)16-13-6-4-5-9-15-13/h11-14H,3-10H2,1-2H3/t11-,12+,13+/m0/s1. The normalized spacial score (nSPS) is 25.3. The van der Waals surface area contributed by atoms with E-state index >= 15 is 0 Å². The second kappa shape index (κ2) is 8.04. The molecule has 0 unspecified atom stereocenters. The molecule has 1 N–H and O–H groups in total. The molecule has 0 aromatic carbocycles. The van der Waals surface area contributed by atoms with Gasteiger partial charge in [-0.3, -0.25) is 0 Å². The molecule has 96 valence electrons. The van der Waals surface area contributed by atoms with Gasteiger partial charge in [0.25, 0.3) is 0 Å². The van der Waals surface area contributed by atoms with Gasteiger partial charge in [0.2, 0.25) is 0 Å². The van der Waals surface area contributed by atoms with E-state index in [-0.39, 0.29) is 12.4 Å². The van der Waals surface area contributed by atoms with Crippen molar-refractivity contribution in [3.63, 3.8) is 0 Å². The smallest absolute Gasteiger partial charge is 0.157 e. The summed E-state index contributed by atoms with van der Waals surface area (Å²) in [6.07, 6.45) is 6.76. The molecule has 0 aromatic rings. The van der Waals surface area contributed by atoms with Gasteiger partial charge in [0, 0.05) is 13.2 Å². The zero-order chi connectivity index (χ0) is 11.8. The zero-order valence-electron chi connectivity index (χ0n) is 10.7. The third-order valence-electron chi connectivity index (χ3n) is 3.34. The predicted octanol–water partition coefficient (Wildman–Crippen LogP) is 2.72. The van der Waals surface area contributed by atoms with Gasteiger partial charge in [0.1, 0.15) is 0 Å². The molecule has 0 aromatic heterocycles. The Morgan fingerprint density at radius 1 is 1.38 bits per heavy atom. The van der Waals surface area contributed by atoms with E-state index in [4.69, 9.17) is 14.6 Å². The van der Waals surface area contributed by atoms with E-state index in [1.807, 2.05) is 0 Å². The number of aliphatic hydroxyl groups excluding tert-OH is 1. The van der Waals surface area contributed by atoms with Crippen LogP contribution in [0.1, 0.15) is 52.4 Å². The van der Waals surface area contributed by atoms with Crippen molar-refractivity contribution in [2.24, 2.45) is 5.92 Å². The second-order valence-corrected chi connectivity index (χ2v) is 4.78. The summed E-state index contributed by atoms with van der Waals surface area (Å²) in [6, 6.07) is 0. The molecule has 1 rings (SSSR count). The SMILES string of the molecule is CC[C@@H](CO)CC[C@H](C)O[C@@H]1CCCCO1. The summed E-state index contributed by atoms with van der Waals surface area (Å²) in [7, 11) is 0. The second-order valence-electron chi connectivity index (χ2n) is 4.78. The quantitative estimate of drug-likeness (QED) is 0.731. The van der Waals surface area contributed by atoms with Crippen LogP contribution in [0.3, 0.4) is 0 Å². The van der Waals surface area contributed by atoms with Gasteiger partial charge in [-0.05, 0) is 44.9 Å². The van der Waals surface area contributed by atoms with Gasteiger partial charge in [0.15, 0.2) is 6.29 Å². The molecule has 1 saturated heterocycles. The van der Waals surface area contributed by atoms with Crippen LogP contribution in [0, 0.1) is 5.92 Å². The number of ether oxygens (including phenoxy) is 2. The molecule has 1 aliphatic heterocycles. The van der Waals surface area contributed by atoms with Crippen LogP contribution in [0.25, 0.3) is 0 Å². The first kappa shape index (κ1) is 13.9. The van der Waals surface area contributed by atoms with Crippen molar-refractivity contribution in [3.05, 3.63) is 0 Å². The van der Waals surface area contributed by atoms with E-state index in [0.29, 0.717) is 12.5 Å². The van der Waals surface area contributed by atoms with E-state index in [9.17, 15) is 0 Å². The molecule has 1 fully saturated rings. The minimum atomic E-state index is 0.0120. The summed E-state index contributed by atoms with van der Waals surface area (Å²) in [5, 5.41) is 9.09. The van der Waals surface area contributed by atoms with Crippen molar-refractivity contribution < 1.29 is 14.6 Å². The maximum absolute atomic E-state index is 9.09. The Labute approximate surface area is 99.1 Å². The monoisotopic (exact) mass is 230 g/mol. The average molecular weight is 230 g/mol. The summed E-state index contributed by atoms with van der Waals surface area (Å²) in [5.41, 5.74) is 0. The highest BCUT2D eigenvalue weighted by Crippen LogP contribution is 2.19. The summed E-state index contributed by atoms with van der Waals surface area (Å²) >= 11 is 0. The van der Waals surface area contributed by atoms with Crippen molar-refractivity contribution in [2.45, 2.75) is 64.8 Å². The summed E-state index contributed by atoms with van der Waals surface area (Å²) in [4.78, 5) is 0. The van der Waals surface area contributed by atoms with E-state index in [1.54, 1.807) is 0 Å². The van der Waals surface area contributed by atoms with Gasteiger partial charge in [-0.15, -0.1) is 0 Å². The number of rotatable bonds is 7. The highest BCUT2D eigenvalue weighted by atomic mass is 16.7. The topological polar surface area (TPSA) is 38.7 Å². The van der Waals surface area contributed by atoms with E-state index in [0.717, 1.165) is 38.7 Å². The van der Waals surface area contributed by atoms with E-state index in [2.05, 4.69) is 13.8 Å². The van der Waals surface area contributed by atoms with Gasteiger partial charge in [-0.2, -0.15) is 0 Å². The molecule has 3 nitrogen and oxygen atoms in total. The molecule has 1 heterocycles. The number of aliphatic hydroxyl groups is 1. The molecule has 0 spiro atoms. The molecule has 0 bridgehead atoms. The fourth-order valence-electron chi connectivity index (χ4n) is 2.04. The Bertz CT molecular complexity index is 163. The predicted molar refractivity (Wildman–Crippen MR) is 64.2 cm³/mol. The Kier molecular flexibility index (Phi) is 7.01. The van der Waals surface area contributed by atoms with Gasteiger partial charge in [0.05, 0.1) is 6.10 Å². The molecular weight excluding hydrogens is 204 g/mol. The first-order valence-corrected chi connectivity index (χ1v) is 6.64. The molecule has 3 heteroatoms. The van der Waals surface area contributed by atoms with Gasteiger partial charge in [-0.25, -0.2) is 0 Å². The molecule has 16 heavy (non-hydrogen) atoms. The minimum absolute atomic E-state index is 0.0120. The molecule has 0 amide bonds. The maximum Gasteiger partial charge on any atom is 0.157 e. The third-order valence-corrected chi connectivity index (χ3v) is 3.34. The largest absolute Gasteiger partial charge is 0.396 e. The van der Waals surface area contributed by atoms with Crippen LogP contribution in [-0.4, -0.2) is 30.7 Å². The lowest BCUT2D eigenvalue weighted by atomic mass is 10.00. The summed E-state index contributed by atoms with van der Waals surface area (Å²) in [6.45, 7) is 5.35. The lowest BCUT2D eigenvalue weighted by Gasteiger charge is -2.26. The van der Waals surface area contributed by atoms with Gasteiger partial charge >= 0.3 is 0 Å². The minimum Gasteiger partial charge on any atom is -0.396 e. The third kappa shape index (κ3) is 5.28. The first-order valence-electron chi connectivity index (χ1n) is 6.64. The molecular formula is C13H26O3.